The van der Waals surface area contributed by atoms with Gasteiger partial charge in [0.1, 0.15) is 5.52 Å². The Morgan fingerprint density at radius 2 is 2.29 bits per heavy atom. The van der Waals surface area contributed by atoms with E-state index in [0.29, 0.717) is 25.5 Å². The van der Waals surface area contributed by atoms with Crippen LogP contribution in [-0.2, 0) is 4.79 Å². The fourth-order valence-electron chi connectivity index (χ4n) is 2.13. The maximum atomic E-state index is 10.9. The quantitative estimate of drug-likeness (QED) is 0.854. The van der Waals surface area contributed by atoms with Crippen molar-refractivity contribution in [2.24, 2.45) is 5.92 Å². The van der Waals surface area contributed by atoms with Crippen LogP contribution in [0.1, 0.15) is 6.42 Å². The van der Waals surface area contributed by atoms with Crippen LogP contribution in [-0.4, -0.2) is 29.1 Å². The van der Waals surface area contributed by atoms with Gasteiger partial charge in [0.2, 0.25) is 0 Å². The third-order valence-corrected chi connectivity index (χ3v) is 3.09. The monoisotopic (exact) mass is 232 g/mol. The van der Waals surface area contributed by atoms with E-state index in [4.69, 9.17) is 9.52 Å². The highest BCUT2D eigenvalue weighted by Gasteiger charge is 2.30. The highest BCUT2D eigenvalue weighted by atomic mass is 16.4. The summed E-state index contributed by atoms with van der Waals surface area (Å²) in [6, 6.07) is 8.05. The SMILES string of the molecule is O=C(O)C1CCN(c2nc3ccccc3o2)C1. The van der Waals surface area contributed by atoms with Crippen LogP contribution >= 0.6 is 0 Å². The molecular weight excluding hydrogens is 220 g/mol. The molecule has 2 aromatic rings. The van der Waals surface area contributed by atoms with Crippen molar-refractivity contribution in [2.75, 3.05) is 18.0 Å². The molecule has 5 nitrogen and oxygen atoms in total. The summed E-state index contributed by atoms with van der Waals surface area (Å²) in [5.74, 6) is -1.06. The van der Waals surface area contributed by atoms with Crippen molar-refractivity contribution in [3.8, 4) is 0 Å². The summed E-state index contributed by atoms with van der Waals surface area (Å²) in [5, 5.41) is 8.94. The van der Waals surface area contributed by atoms with Crippen LogP contribution in [0.4, 0.5) is 6.01 Å². The van der Waals surface area contributed by atoms with Crippen LogP contribution in [0.3, 0.4) is 0 Å². The molecule has 1 aromatic heterocycles. The molecule has 0 bridgehead atoms. The average molecular weight is 232 g/mol. The third-order valence-electron chi connectivity index (χ3n) is 3.09. The summed E-state index contributed by atoms with van der Waals surface area (Å²) in [7, 11) is 0. The Morgan fingerprint density at radius 3 is 3.00 bits per heavy atom. The Morgan fingerprint density at radius 1 is 1.47 bits per heavy atom. The van der Waals surface area contributed by atoms with E-state index in [-0.39, 0.29) is 5.92 Å². The van der Waals surface area contributed by atoms with Crippen molar-refractivity contribution in [3.63, 3.8) is 0 Å². The summed E-state index contributed by atoms with van der Waals surface area (Å²) >= 11 is 0. The van der Waals surface area contributed by atoms with Gasteiger partial charge in [-0.05, 0) is 18.6 Å². The molecule has 2 heterocycles. The lowest BCUT2D eigenvalue weighted by Crippen LogP contribution is -2.22. The summed E-state index contributed by atoms with van der Waals surface area (Å²) in [6.07, 6.45) is 0.647. The number of nitrogens with zero attached hydrogens (tertiary/aromatic N) is 2. The maximum absolute atomic E-state index is 10.9. The van der Waals surface area contributed by atoms with Crippen molar-refractivity contribution in [1.29, 1.82) is 0 Å². The van der Waals surface area contributed by atoms with Crippen LogP contribution in [0.2, 0.25) is 0 Å². The molecule has 88 valence electrons. The number of rotatable bonds is 2. The van der Waals surface area contributed by atoms with Gasteiger partial charge in [-0.3, -0.25) is 4.79 Å². The number of hydrogen-bond acceptors (Lipinski definition) is 4. The fourth-order valence-corrected chi connectivity index (χ4v) is 2.13. The number of anilines is 1. The van der Waals surface area contributed by atoms with Gasteiger partial charge in [-0.1, -0.05) is 12.1 Å². The van der Waals surface area contributed by atoms with Crippen molar-refractivity contribution < 1.29 is 14.3 Å². The first-order valence-corrected chi connectivity index (χ1v) is 5.57. The van der Waals surface area contributed by atoms with Crippen LogP contribution in [0.5, 0.6) is 0 Å². The van der Waals surface area contributed by atoms with Gasteiger partial charge in [-0.25, -0.2) is 0 Å². The molecule has 5 heteroatoms. The Balaban J connectivity index is 1.87. The minimum absolute atomic E-state index is 0.315. The zero-order chi connectivity index (χ0) is 11.8. The van der Waals surface area contributed by atoms with E-state index >= 15 is 0 Å². The van der Waals surface area contributed by atoms with E-state index < -0.39 is 5.97 Å². The second-order valence-corrected chi connectivity index (χ2v) is 4.23. The average Bonchev–Trinajstić information content (AvgIpc) is 2.95. The van der Waals surface area contributed by atoms with Crippen molar-refractivity contribution in [3.05, 3.63) is 24.3 Å². The molecule has 1 fully saturated rings. The zero-order valence-corrected chi connectivity index (χ0v) is 9.17. The molecule has 1 aromatic carbocycles. The van der Waals surface area contributed by atoms with Crippen molar-refractivity contribution in [2.45, 2.75) is 6.42 Å². The number of benzene rings is 1. The molecular formula is C12H12N2O3. The predicted molar refractivity (Wildman–Crippen MR) is 62.0 cm³/mol. The fraction of sp³-hybridized carbons (Fsp3) is 0.333. The number of fused-ring (bicyclic) bond motifs is 1. The van der Waals surface area contributed by atoms with E-state index in [1.165, 1.54) is 0 Å². The lowest BCUT2D eigenvalue weighted by molar-refractivity contribution is -0.140. The van der Waals surface area contributed by atoms with E-state index in [2.05, 4.69) is 4.98 Å². The number of aromatic nitrogens is 1. The van der Waals surface area contributed by atoms with Gasteiger partial charge in [0.05, 0.1) is 5.92 Å². The van der Waals surface area contributed by atoms with Gasteiger partial charge in [-0.2, -0.15) is 4.98 Å². The van der Waals surface area contributed by atoms with Crippen LogP contribution in [0.25, 0.3) is 11.1 Å². The zero-order valence-electron chi connectivity index (χ0n) is 9.17. The van der Waals surface area contributed by atoms with E-state index in [0.717, 1.165) is 11.1 Å². The topological polar surface area (TPSA) is 66.6 Å². The summed E-state index contributed by atoms with van der Waals surface area (Å²) in [4.78, 5) is 17.1. The molecule has 1 saturated heterocycles. The number of oxazole rings is 1. The second-order valence-electron chi connectivity index (χ2n) is 4.23. The first kappa shape index (κ1) is 10.1. The largest absolute Gasteiger partial charge is 0.481 e. The minimum Gasteiger partial charge on any atom is -0.481 e. The molecule has 1 aliphatic rings. The molecule has 1 unspecified atom stereocenters. The molecule has 0 saturated carbocycles. The Hall–Kier alpha value is -2.04. The molecule has 3 rings (SSSR count). The standard InChI is InChI=1S/C12H12N2O3/c15-11(16)8-5-6-14(7-8)12-13-9-3-1-2-4-10(9)17-12/h1-4,8H,5-7H2,(H,15,16). The first-order valence-electron chi connectivity index (χ1n) is 5.57. The van der Waals surface area contributed by atoms with Gasteiger partial charge in [0.15, 0.2) is 5.58 Å². The molecule has 0 radical (unpaired) electrons. The van der Waals surface area contributed by atoms with E-state index in [9.17, 15) is 4.79 Å². The molecule has 0 spiro atoms. The number of carboxylic acid groups (broad SMARTS) is 1. The van der Waals surface area contributed by atoms with Gasteiger partial charge in [-0.15, -0.1) is 0 Å². The number of carbonyl (C=O) groups is 1. The van der Waals surface area contributed by atoms with E-state index in [1.54, 1.807) is 0 Å². The molecule has 0 aliphatic carbocycles. The third kappa shape index (κ3) is 1.73. The molecule has 1 atom stereocenters. The molecule has 1 aliphatic heterocycles. The minimum atomic E-state index is -0.747. The summed E-state index contributed by atoms with van der Waals surface area (Å²) < 4.78 is 5.60. The van der Waals surface area contributed by atoms with Gasteiger partial charge >= 0.3 is 5.97 Å². The molecule has 0 amide bonds. The Labute approximate surface area is 97.7 Å². The highest BCUT2D eigenvalue weighted by Crippen LogP contribution is 2.26. The van der Waals surface area contributed by atoms with Crippen LogP contribution in [0, 0.1) is 5.92 Å². The van der Waals surface area contributed by atoms with Crippen molar-refractivity contribution in [1.82, 2.24) is 4.98 Å². The Bertz CT molecular complexity index is 531. The van der Waals surface area contributed by atoms with Crippen LogP contribution in [0.15, 0.2) is 28.7 Å². The highest BCUT2D eigenvalue weighted by molar-refractivity contribution is 5.75. The van der Waals surface area contributed by atoms with Gasteiger partial charge in [0.25, 0.3) is 6.01 Å². The van der Waals surface area contributed by atoms with Crippen molar-refractivity contribution >= 4 is 23.1 Å². The number of hydrogen-bond donors (Lipinski definition) is 1. The summed E-state index contributed by atoms with van der Waals surface area (Å²) in [5.41, 5.74) is 1.54. The normalized spacial score (nSPS) is 20.0. The molecule has 17 heavy (non-hydrogen) atoms. The molecule has 1 N–H and O–H groups in total. The smallest absolute Gasteiger partial charge is 0.308 e. The lowest BCUT2D eigenvalue weighted by atomic mass is 10.1. The number of carboxylic acids is 1. The first-order chi connectivity index (χ1) is 8.24. The Kier molecular flexibility index (Phi) is 2.24. The number of para-hydroxylation sites is 2. The van der Waals surface area contributed by atoms with Crippen LogP contribution < -0.4 is 4.90 Å². The summed E-state index contributed by atoms with van der Waals surface area (Å²) in [6.45, 7) is 1.16. The van der Waals surface area contributed by atoms with E-state index in [1.807, 2.05) is 29.2 Å². The predicted octanol–water partition coefficient (Wildman–Crippen LogP) is 1.74. The lowest BCUT2D eigenvalue weighted by Gasteiger charge is -2.11. The number of aliphatic carboxylic acids is 1. The van der Waals surface area contributed by atoms with Gasteiger partial charge < -0.3 is 14.4 Å². The second kappa shape index (κ2) is 3.76. The maximum Gasteiger partial charge on any atom is 0.308 e. The van der Waals surface area contributed by atoms with Gasteiger partial charge in [0, 0.05) is 13.1 Å².